The standard InChI is InChI=1S/C19H23N3O4/c23-17(14-5-10-26-11-14)21-8-6-19(25,7-9-21)12-22-13-20-16-4-2-1-3-15(16)18(22)24/h1-4,13-14,25H,5-12H2. The Morgan fingerprint density at radius 2 is 2.08 bits per heavy atom. The fraction of sp³-hybridized carbons (Fsp3) is 0.526. The number of aromatic nitrogens is 2. The topological polar surface area (TPSA) is 84.7 Å². The van der Waals surface area contributed by atoms with Crippen molar-refractivity contribution in [3.8, 4) is 0 Å². The van der Waals surface area contributed by atoms with Crippen molar-refractivity contribution in [1.29, 1.82) is 0 Å². The Kier molecular flexibility index (Phi) is 4.50. The maximum Gasteiger partial charge on any atom is 0.261 e. The lowest BCUT2D eigenvalue weighted by molar-refractivity contribution is -0.140. The Morgan fingerprint density at radius 1 is 1.31 bits per heavy atom. The molecule has 2 saturated heterocycles. The van der Waals surface area contributed by atoms with Crippen LogP contribution >= 0.6 is 0 Å². The van der Waals surface area contributed by atoms with Crippen LogP contribution in [-0.4, -0.2) is 57.4 Å². The van der Waals surface area contributed by atoms with Crippen LogP contribution < -0.4 is 5.56 Å². The quantitative estimate of drug-likeness (QED) is 0.878. The summed E-state index contributed by atoms with van der Waals surface area (Å²) in [6, 6.07) is 7.19. The van der Waals surface area contributed by atoms with Crippen LogP contribution in [0.25, 0.3) is 10.9 Å². The third kappa shape index (κ3) is 3.24. The van der Waals surface area contributed by atoms with E-state index in [1.807, 2.05) is 11.0 Å². The molecule has 1 N–H and O–H groups in total. The number of rotatable bonds is 3. The summed E-state index contributed by atoms with van der Waals surface area (Å²) in [4.78, 5) is 31.2. The van der Waals surface area contributed by atoms with Crippen molar-refractivity contribution < 1.29 is 14.6 Å². The van der Waals surface area contributed by atoms with Crippen LogP contribution in [0.15, 0.2) is 35.4 Å². The molecule has 3 heterocycles. The minimum absolute atomic E-state index is 0.0477. The lowest BCUT2D eigenvalue weighted by Crippen LogP contribution is -2.51. The van der Waals surface area contributed by atoms with Crippen molar-refractivity contribution in [2.24, 2.45) is 5.92 Å². The highest BCUT2D eigenvalue weighted by Gasteiger charge is 2.37. The van der Waals surface area contributed by atoms with Gasteiger partial charge in [0.05, 0.1) is 41.9 Å². The van der Waals surface area contributed by atoms with E-state index in [2.05, 4.69) is 4.98 Å². The smallest absolute Gasteiger partial charge is 0.261 e. The summed E-state index contributed by atoms with van der Waals surface area (Å²) in [6.45, 7) is 2.34. The van der Waals surface area contributed by atoms with Gasteiger partial charge in [0.25, 0.3) is 5.56 Å². The zero-order valence-electron chi connectivity index (χ0n) is 14.6. The highest BCUT2D eigenvalue weighted by molar-refractivity contribution is 5.79. The number of hydrogen-bond acceptors (Lipinski definition) is 5. The van der Waals surface area contributed by atoms with Gasteiger partial charge in [-0.3, -0.25) is 14.2 Å². The van der Waals surface area contributed by atoms with Crippen molar-refractivity contribution in [3.05, 3.63) is 40.9 Å². The van der Waals surface area contributed by atoms with Gasteiger partial charge in [-0.2, -0.15) is 0 Å². The normalized spacial score (nSPS) is 22.7. The van der Waals surface area contributed by atoms with E-state index < -0.39 is 5.60 Å². The summed E-state index contributed by atoms with van der Waals surface area (Å²) in [7, 11) is 0. The van der Waals surface area contributed by atoms with E-state index in [1.165, 1.54) is 10.9 Å². The first-order valence-electron chi connectivity index (χ1n) is 9.09. The number of ether oxygens (including phenoxy) is 1. The van der Waals surface area contributed by atoms with Crippen molar-refractivity contribution in [2.75, 3.05) is 26.3 Å². The third-order valence-corrected chi connectivity index (χ3v) is 5.48. The number of likely N-dealkylation sites (tertiary alicyclic amines) is 1. The Bertz CT molecular complexity index is 864. The van der Waals surface area contributed by atoms with Crippen molar-refractivity contribution in [3.63, 3.8) is 0 Å². The average molecular weight is 357 g/mol. The van der Waals surface area contributed by atoms with Gasteiger partial charge in [0, 0.05) is 19.7 Å². The van der Waals surface area contributed by atoms with Crippen LogP contribution in [0.1, 0.15) is 19.3 Å². The van der Waals surface area contributed by atoms with Crippen LogP contribution in [0, 0.1) is 5.92 Å². The molecule has 1 amide bonds. The predicted octanol–water partition coefficient (Wildman–Crippen LogP) is 0.786. The number of piperidine rings is 1. The number of carbonyl (C=O) groups is 1. The zero-order valence-corrected chi connectivity index (χ0v) is 14.6. The minimum Gasteiger partial charge on any atom is -0.388 e. The van der Waals surface area contributed by atoms with Gasteiger partial charge in [0.1, 0.15) is 0 Å². The second-order valence-corrected chi connectivity index (χ2v) is 7.30. The zero-order chi connectivity index (χ0) is 18.1. The minimum atomic E-state index is -1.00. The summed E-state index contributed by atoms with van der Waals surface area (Å²) in [5.41, 5.74) is -0.498. The first-order chi connectivity index (χ1) is 12.6. The largest absolute Gasteiger partial charge is 0.388 e. The van der Waals surface area contributed by atoms with Crippen molar-refractivity contribution in [1.82, 2.24) is 14.5 Å². The lowest BCUT2D eigenvalue weighted by atomic mass is 9.90. The molecule has 0 spiro atoms. The van der Waals surface area contributed by atoms with Crippen LogP contribution in [0.5, 0.6) is 0 Å². The summed E-state index contributed by atoms with van der Waals surface area (Å²) < 4.78 is 6.77. The van der Waals surface area contributed by atoms with E-state index in [4.69, 9.17) is 4.74 Å². The van der Waals surface area contributed by atoms with Crippen molar-refractivity contribution >= 4 is 16.8 Å². The third-order valence-electron chi connectivity index (χ3n) is 5.48. The van der Waals surface area contributed by atoms with Crippen LogP contribution in [0.2, 0.25) is 0 Å². The maximum absolute atomic E-state index is 12.6. The molecule has 0 aliphatic carbocycles. The van der Waals surface area contributed by atoms with E-state index in [9.17, 15) is 14.7 Å². The molecule has 2 fully saturated rings. The summed E-state index contributed by atoms with van der Waals surface area (Å²) >= 11 is 0. The second kappa shape index (κ2) is 6.81. The molecule has 1 aromatic heterocycles. The van der Waals surface area contributed by atoms with E-state index in [0.717, 1.165) is 6.42 Å². The van der Waals surface area contributed by atoms with Crippen LogP contribution in [0.4, 0.5) is 0 Å². The molecule has 1 unspecified atom stereocenters. The van der Waals surface area contributed by atoms with Crippen LogP contribution in [-0.2, 0) is 16.1 Å². The molecule has 1 aromatic carbocycles. The molecular formula is C19H23N3O4. The predicted molar refractivity (Wildman–Crippen MR) is 95.7 cm³/mol. The van der Waals surface area contributed by atoms with Gasteiger partial charge in [0.15, 0.2) is 0 Å². The number of fused-ring (bicyclic) bond motifs is 1. The fourth-order valence-corrected chi connectivity index (χ4v) is 3.82. The molecule has 7 heteroatoms. The summed E-state index contributed by atoms with van der Waals surface area (Å²) in [5.74, 6) is 0.0718. The maximum atomic E-state index is 12.6. The highest BCUT2D eigenvalue weighted by atomic mass is 16.5. The number of nitrogens with zero attached hydrogens (tertiary/aromatic N) is 3. The van der Waals surface area contributed by atoms with Gasteiger partial charge in [0.2, 0.25) is 5.91 Å². The van der Waals surface area contributed by atoms with Gasteiger partial charge in [-0.25, -0.2) is 4.98 Å². The monoisotopic (exact) mass is 357 g/mol. The number of amides is 1. The fourth-order valence-electron chi connectivity index (χ4n) is 3.82. The van der Waals surface area contributed by atoms with Gasteiger partial charge < -0.3 is 14.7 Å². The van der Waals surface area contributed by atoms with E-state index >= 15 is 0 Å². The van der Waals surface area contributed by atoms with Crippen molar-refractivity contribution in [2.45, 2.75) is 31.4 Å². The molecular weight excluding hydrogens is 334 g/mol. The van der Waals surface area contributed by atoms with E-state index in [-0.39, 0.29) is 23.9 Å². The summed E-state index contributed by atoms with van der Waals surface area (Å²) in [5, 5.41) is 11.5. The first kappa shape index (κ1) is 17.2. The molecule has 0 bridgehead atoms. The second-order valence-electron chi connectivity index (χ2n) is 7.30. The molecule has 7 nitrogen and oxygen atoms in total. The molecule has 2 aliphatic heterocycles. The highest BCUT2D eigenvalue weighted by Crippen LogP contribution is 2.26. The average Bonchev–Trinajstić information content (AvgIpc) is 3.19. The molecule has 2 aromatic rings. The molecule has 26 heavy (non-hydrogen) atoms. The Hall–Kier alpha value is -2.25. The van der Waals surface area contributed by atoms with Crippen LogP contribution in [0.3, 0.4) is 0 Å². The molecule has 2 aliphatic rings. The molecule has 138 valence electrons. The van der Waals surface area contributed by atoms with Gasteiger partial charge >= 0.3 is 0 Å². The Balaban J connectivity index is 1.45. The number of carbonyl (C=O) groups excluding carboxylic acids is 1. The summed E-state index contributed by atoms with van der Waals surface area (Å²) in [6.07, 6.45) is 3.17. The first-order valence-corrected chi connectivity index (χ1v) is 9.09. The Morgan fingerprint density at radius 3 is 2.81 bits per heavy atom. The van der Waals surface area contributed by atoms with E-state index in [1.54, 1.807) is 18.2 Å². The Labute approximate surface area is 151 Å². The number of benzene rings is 1. The van der Waals surface area contributed by atoms with Gasteiger partial charge in [-0.05, 0) is 31.4 Å². The van der Waals surface area contributed by atoms with Gasteiger partial charge in [-0.15, -0.1) is 0 Å². The SMILES string of the molecule is O=C(C1CCOC1)N1CCC(O)(Cn2cnc3ccccc3c2=O)CC1. The molecule has 0 saturated carbocycles. The number of para-hydroxylation sites is 1. The van der Waals surface area contributed by atoms with E-state index in [0.29, 0.717) is 50.0 Å². The molecule has 4 rings (SSSR count). The number of hydrogen-bond donors (Lipinski definition) is 1. The molecule has 0 radical (unpaired) electrons. The lowest BCUT2D eigenvalue weighted by Gasteiger charge is -2.39. The number of aliphatic hydroxyl groups is 1. The molecule has 1 atom stereocenters. The van der Waals surface area contributed by atoms with Gasteiger partial charge in [-0.1, -0.05) is 12.1 Å².